The molecule has 0 radical (unpaired) electrons. The van der Waals surface area contributed by atoms with Crippen molar-refractivity contribution in [2.75, 3.05) is 19.6 Å². The monoisotopic (exact) mass is 136 g/mol. The Balaban J connectivity index is 2.52. The maximum atomic E-state index is 12.5. The minimum atomic E-state index is -2.57. The predicted molar refractivity (Wildman–Crippen MR) is 30.4 cm³/mol. The minimum Gasteiger partial charge on any atom is -0.330 e. The standard InChI is InChI=1S/C5H10F2N2/c6-5(7)3-9-2-4(5)1-8/h4,9H,1-3,8H2/t4-/m1/s1. The first kappa shape index (κ1) is 6.89. The third kappa shape index (κ3) is 1.19. The van der Waals surface area contributed by atoms with E-state index in [2.05, 4.69) is 5.32 Å². The fraction of sp³-hybridized carbons (Fsp3) is 1.00. The van der Waals surface area contributed by atoms with Crippen LogP contribution >= 0.6 is 0 Å². The SMILES string of the molecule is NC[C@@H]1CNCC1(F)F. The van der Waals surface area contributed by atoms with Crippen molar-refractivity contribution >= 4 is 0 Å². The molecule has 1 aliphatic heterocycles. The second-order valence-electron chi connectivity index (χ2n) is 2.32. The first-order valence-corrected chi connectivity index (χ1v) is 2.95. The van der Waals surface area contributed by atoms with Gasteiger partial charge in [0.05, 0.1) is 6.54 Å². The first-order valence-electron chi connectivity index (χ1n) is 2.95. The third-order valence-corrected chi connectivity index (χ3v) is 1.63. The largest absolute Gasteiger partial charge is 0.330 e. The quantitative estimate of drug-likeness (QED) is 0.524. The zero-order valence-corrected chi connectivity index (χ0v) is 5.03. The Hall–Kier alpha value is -0.220. The molecule has 54 valence electrons. The lowest BCUT2D eigenvalue weighted by Gasteiger charge is -2.14. The summed E-state index contributed by atoms with van der Waals surface area (Å²) >= 11 is 0. The summed E-state index contributed by atoms with van der Waals surface area (Å²) in [4.78, 5) is 0. The van der Waals surface area contributed by atoms with Gasteiger partial charge in [0.25, 0.3) is 5.92 Å². The number of hydrogen-bond acceptors (Lipinski definition) is 2. The van der Waals surface area contributed by atoms with E-state index >= 15 is 0 Å². The molecule has 4 heteroatoms. The van der Waals surface area contributed by atoms with E-state index in [1.807, 2.05) is 0 Å². The number of alkyl halides is 2. The van der Waals surface area contributed by atoms with E-state index < -0.39 is 11.8 Å². The molecule has 0 saturated carbocycles. The van der Waals surface area contributed by atoms with Crippen molar-refractivity contribution in [2.45, 2.75) is 5.92 Å². The molecule has 2 nitrogen and oxygen atoms in total. The van der Waals surface area contributed by atoms with Crippen molar-refractivity contribution < 1.29 is 8.78 Å². The average molecular weight is 136 g/mol. The highest BCUT2D eigenvalue weighted by Crippen LogP contribution is 2.26. The molecule has 0 aromatic heterocycles. The van der Waals surface area contributed by atoms with Crippen LogP contribution in [0.25, 0.3) is 0 Å². The number of hydrogen-bond donors (Lipinski definition) is 2. The van der Waals surface area contributed by atoms with Crippen molar-refractivity contribution in [3.05, 3.63) is 0 Å². The summed E-state index contributed by atoms with van der Waals surface area (Å²) < 4.78 is 24.9. The number of rotatable bonds is 1. The van der Waals surface area contributed by atoms with Crippen LogP contribution in [0.5, 0.6) is 0 Å². The molecule has 1 rings (SSSR count). The van der Waals surface area contributed by atoms with E-state index in [0.717, 1.165) is 0 Å². The van der Waals surface area contributed by atoms with Crippen molar-refractivity contribution in [1.82, 2.24) is 5.32 Å². The van der Waals surface area contributed by atoms with Gasteiger partial charge in [0.1, 0.15) is 0 Å². The molecule has 0 bridgehead atoms. The molecule has 9 heavy (non-hydrogen) atoms. The van der Waals surface area contributed by atoms with Gasteiger partial charge in [0.15, 0.2) is 0 Å². The van der Waals surface area contributed by atoms with E-state index in [1.165, 1.54) is 0 Å². The first-order chi connectivity index (χ1) is 4.17. The van der Waals surface area contributed by atoms with Crippen LogP contribution in [0.15, 0.2) is 0 Å². The Kier molecular flexibility index (Phi) is 1.68. The topological polar surface area (TPSA) is 38.0 Å². The molecule has 3 N–H and O–H groups in total. The highest BCUT2D eigenvalue weighted by atomic mass is 19.3. The van der Waals surface area contributed by atoms with Crippen LogP contribution in [0.3, 0.4) is 0 Å². The van der Waals surface area contributed by atoms with Crippen molar-refractivity contribution in [2.24, 2.45) is 11.7 Å². The molecule has 0 aliphatic carbocycles. The molecule has 1 fully saturated rings. The Labute approximate surface area is 52.4 Å². The number of nitrogens with two attached hydrogens (primary N) is 1. The molecule has 0 aromatic carbocycles. The van der Waals surface area contributed by atoms with Gasteiger partial charge in [-0.05, 0) is 0 Å². The van der Waals surface area contributed by atoms with Gasteiger partial charge < -0.3 is 11.1 Å². The molecule has 0 aromatic rings. The summed E-state index contributed by atoms with van der Waals surface area (Å²) in [6.45, 7) is 0.207. The van der Waals surface area contributed by atoms with Gasteiger partial charge in [-0.15, -0.1) is 0 Å². The molecular formula is C5H10F2N2. The minimum absolute atomic E-state index is 0.0694. The van der Waals surface area contributed by atoms with E-state index in [0.29, 0.717) is 6.54 Å². The number of nitrogens with one attached hydrogen (secondary N) is 1. The van der Waals surface area contributed by atoms with Crippen molar-refractivity contribution in [1.29, 1.82) is 0 Å². The van der Waals surface area contributed by atoms with Crippen LogP contribution in [-0.4, -0.2) is 25.6 Å². The summed E-state index contributed by atoms with van der Waals surface area (Å²) in [6.07, 6.45) is 0. The average Bonchev–Trinajstić information content (AvgIpc) is 2.08. The maximum Gasteiger partial charge on any atom is 0.265 e. The zero-order chi connectivity index (χ0) is 6.91. The van der Waals surface area contributed by atoms with Gasteiger partial charge in [0.2, 0.25) is 0 Å². The summed E-state index contributed by atoms with van der Waals surface area (Å²) in [5.74, 6) is -3.23. The lowest BCUT2D eigenvalue weighted by atomic mass is 10.1. The Morgan fingerprint density at radius 2 is 2.33 bits per heavy atom. The van der Waals surface area contributed by atoms with Crippen LogP contribution in [0, 0.1) is 5.92 Å². The smallest absolute Gasteiger partial charge is 0.265 e. The summed E-state index contributed by atoms with van der Waals surface area (Å²) in [5.41, 5.74) is 5.09. The molecule has 1 saturated heterocycles. The second-order valence-corrected chi connectivity index (χ2v) is 2.32. The summed E-state index contributed by atoms with van der Waals surface area (Å²) in [5, 5.41) is 2.58. The fourth-order valence-corrected chi connectivity index (χ4v) is 0.962. The van der Waals surface area contributed by atoms with Gasteiger partial charge in [0, 0.05) is 19.0 Å². The summed E-state index contributed by atoms with van der Waals surface area (Å²) in [6, 6.07) is 0. The van der Waals surface area contributed by atoms with Crippen LogP contribution in [0.2, 0.25) is 0 Å². The normalized spacial score (nSPS) is 33.0. The molecule has 0 spiro atoms. The second kappa shape index (κ2) is 2.19. The number of halogens is 2. The van der Waals surface area contributed by atoms with Crippen LogP contribution in [-0.2, 0) is 0 Å². The lowest BCUT2D eigenvalue weighted by Crippen LogP contribution is -2.32. The van der Waals surface area contributed by atoms with E-state index in [1.54, 1.807) is 0 Å². The van der Waals surface area contributed by atoms with Gasteiger partial charge in [-0.2, -0.15) is 0 Å². The highest BCUT2D eigenvalue weighted by molar-refractivity contribution is 4.87. The fourth-order valence-electron chi connectivity index (χ4n) is 0.962. The molecule has 0 amide bonds. The van der Waals surface area contributed by atoms with Gasteiger partial charge >= 0.3 is 0 Å². The van der Waals surface area contributed by atoms with E-state index in [9.17, 15) is 8.78 Å². The Bertz CT molecular complexity index is 105. The van der Waals surface area contributed by atoms with E-state index in [-0.39, 0.29) is 13.1 Å². The maximum absolute atomic E-state index is 12.5. The molecule has 0 unspecified atom stereocenters. The van der Waals surface area contributed by atoms with Crippen LogP contribution in [0.1, 0.15) is 0 Å². The molecule has 1 atom stereocenters. The van der Waals surface area contributed by atoms with Gasteiger partial charge in [-0.25, -0.2) is 8.78 Å². The Morgan fingerprint density at radius 3 is 2.56 bits per heavy atom. The molecule has 1 heterocycles. The van der Waals surface area contributed by atoms with E-state index in [4.69, 9.17) is 5.73 Å². The van der Waals surface area contributed by atoms with Crippen molar-refractivity contribution in [3.8, 4) is 0 Å². The predicted octanol–water partition coefficient (Wildman–Crippen LogP) is -0.200. The third-order valence-electron chi connectivity index (χ3n) is 1.63. The van der Waals surface area contributed by atoms with Gasteiger partial charge in [-0.3, -0.25) is 0 Å². The highest BCUT2D eigenvalue weighted by Gasteiger charge is 2.42. The summed E-state index contributed by atoms with van der Waals surface area (Å²) in [7, 11) is 0. The van der Waals surface area contributed by atoms with Crippen LogP contribution in [0.4, 0.5) is 8.78 Å². The Morgan fingerprint density at radius 1 is 1.67 bits per heavy atom. The molecular weight excluding hydrogens is 126 g/mol. The van der Waals surface area contributed by atoms with Crippen LogP contribution < -0.4 is 11.1 Å². The molecule has 1 aliphatic rings. The van der Waals surface area contributed by atoms with Gasteiger partial charge in [-0.1, -0.05) is 0 Å². The van der Waals surface area contributed by atoms with Crippen molar-refractivity contribution in [3.63, 3.8) is 0 Å². The zero-order valence-electron chi connectivity index (χ0n) is 5.03. The lowest BCUT2D eigenvalue weighted by molar-refractivity contribution is -0.0180.